The predicted octanol–water partition coefficient (Wildman–Crippen LogP) is 4.87. The Bertz CT molecular complexity index is 852. The van der Waals surface area contributed by atoms with Gasteiger partial charge < -0.3 is 14.9 Å². The molecule has 3 N–H and O–H groups in total. The van der Waals surface area contributed by atoms with Crippen LogP contribution in [0.2, 0.25) is 10.0 Å². The van der Waals surface area contributed by atoms with Crippen LogP contribution in [0.5, 0.6) is 11.5 Å². The summed E-state index contributed by atoms with van der Waals surface area (Å²) in [4.78, 5) is 23.3. The van der Waals surface area contributed by atoms with Crippen LogP contribution in [0.15, 0.2) is 42.5 Å². The molecule has 8 heteroatoms. The maximum atomic E-state index is 11.8. The Morgan fingerprint density at radius 2 is 1.59 bits per heavy atom. The van der Waals surface area contributed by atoms with Crippen molar-refractivity contribution < 1.29 is 24.5 Å². The summed E-state index contributed by atoms with van der Waals surface area (Å²) in [6.45, 7) is 3.76. The van der Waals surface area contributed by atoms with Gasteiger partial charge in [-0.3, -0.25) is 14.9 Å². The van der Waals surface area contributed by atoms with E-state index in [-0.39, 0.29) is 12.3 Å². The molecule has 2 atom stereocenters. The average Bonchev–Trinajstić information content (AvgIpc) is 2.60. The first-order chi connectivity index (χ1) is 13.7. The van der Waals surface area contributed by atoms with Gasteiger partial charge in [-0.2, -0.15) is 0 Å². The highest BCUT2D eigenvalue weighted by molar-refractivity contribution is 6.34. The highest BCUT2D eigenvalue weighted by Crippen LogP contribution is 2.30. The van der Waals surface area contributed by atoms with Gasteiger partial charge in [0.15, 0.2) is 0 Å². The van der Waals surface area contributed by atoms with Crippen molar-refractivity contribution in [2.24, 2.45) is 5.92 Å². The molecule has 29 heavy (non-hydrogen) atoms. The molecular formula is C21H23Cl2NO5. The summed E-state index contributed by atoms with van der Waals surface area (Å²) in [6, 6.07) is 9.66. The van der Waals surface area contributed by atoms with E-state index in [1.165, 1.54) is 0 Å². The number of carboxylic acid groups (broad SMARTS) is 2. The highest BCUT2D eigenvalue weighted by atomic mass is 35.5. The van der Waals surface area contributed by atoms with E-state index in [0.717, 1.165) is 0 Å². The van der Waals surface area contributed by atoms with Crippen LogP contribution in [-0.2, 0) is 16.0 Å². The Hall–Kier alpha value is -2.28. The standard InChI is InChI=1S/C21H23Cl2NO5/c1-12(2)7-17(20(25)26)24-18(21(27)28)8-13-5-3-4-6-19(13)29-16-10-14(22)9-15(23)11-16/h3-6,9-12,17-18,24H,7-8H2,1-2H3,(H,25,26)(H,27,28)/t17-,18-/m0/s1. The van der Waals surface area contributed by atoms with Crippen LogP contribution in [0.1, 0.15) is 25.8 Å². The minimum atomic E-state index is -1.14. The predicted molar refractivity (Wildman–Crippen MR) is 112 cm³/mol. The van der Waals surface area contributed by atoms with Crippen LogP contribution in [0, 0.1) is 5.92 Å². The number of halogens is 2. The number of aliphatic carboxylic acids is 2. The molecule has 0 aliphatic rings. The molecule has 0 saturated carbocycles. The minimum absolute atomic E-state index is 0.0433. The summed E-state index contributed by atoms with van der Waals surface area (Å²) in [7, 11) is 0. The number of rotatable bonds is 10. The van der Waals surface area contributed by atoms with Crippen LogP contribution < -0.4 is 10.1 Å². The van der Waals surface area contributed by atoms with Gasteiger partial charge in [0, 0.05) is 16.5 Å². The van der Waals surface area contributed by atoms with Crippen molar-refractivity contribution in [2.75, 3.05) is 0 Å². The molecule has 2 aromatic rings. The van der Waals surface area contributed by atoms with Crippen molar-refractivity contribution in [3.05, 3.63) is 58.1 Å². The number of nitrogens with one attached hydrogen (secondary N) is 1. The quantitative estimate of drug-likeness (QED) is 0.488. The third-order valence-electron chi connectivity index (χ3n) is 4.17. The molecular weight excluding hydrogens is 417 g/mol. The molecule has 0 heterocycles. The number of para-hydroxylation sites is 1. The SMILES string of the molecule is CC(C)C[C@H](N[C@@H](Cc1ccccc1Oc1cc(Cl)cc(Cl)c1)C(=O)O)C(=O)O. The van der Waals surface area contributed by atoms with Gasteiger partial charge in [-0.15, -0.1) is 0 Å². The zero-order valence-corrected chi connectivity index (χ0v) is 17.6. The van der Waals surface area contributed by atoms with E-state index in [9.17, 15) is 19.8 Å². The van der Waals surface area contributed by atoms with Gasteiger partial charge >= 0.3 is 11.9 Å². The lowest BCUT2D eigenvalue weighted by molar-refractivity contribution is -0.142. The van der Waals surface area contributed by atoms with Gasteiger partial charge in [0.2, 0.25) is 0 Å². The smallest absolute Gasteiger partial charge is 0.321 e. The summed E-state index contributed by atoms with van der Waals surface area (Å²) in [5.41, 5.74) is 0.609. The minimum Gasteiger partial charge on any atom is -0.480 e. The summed E-state index contributed by atoms with van der Waals surface area (Å²) in [6.07, 6.45) is 0.361. The summed E-state index contributed by atoms with van der Waals surface area (Å²) < 4.78 is 5.86. The van der Waals surface area contributed by atoms with E-state index in [1.807, 2.05) is 13.8 Å². The Morgan fingerprint density at radius 3 is 2.14 bits per heavy atom. The van der Waals surface area contributed by atoms with E-state index in [0.29, 0.717) is 33.5 Å². The fourth-order valence-electron chi connectivity index (χ4n) is 2.88. The zero-order valence-electron chi connectivity index (χ0n) is 16.1. The zero-order chi connectivity index (χ0) is 21.6. The fourth-order valence-corrected chi connectivity index (χ4v) is 3.38. The first-order valence-corrected chi connectivity index (χ1v) is 9.84. The lowest BCUT2D eigenvalue weighted by Crippen LogP contribution is -2.48. The van der Waals surface area contributed by atoms with Crippen molar-refractivity contribution in [3.8, 4) is 11.5 Å². The normalized spacial score (nSPS) is 13.1. The summed E-state index contributed by atoms with van der Waals surface area (Å²) >= 11 is 12.0. The van der Waals surface area contributed by atoms with E-state index < -0.39 is 24.0 Å². The Kier molecular flexibility index (Phi) is 8.32. The molecule has 0 aliphatic heterocycles. The third-order valence-corrected chi connectivity index (χ3v) is 4.60. The molecule has 0 saturated heterocycles. The highest BCUT2D eigenvalue weighted by Gasteiger charge is 2.27. The molecule has 0 fully saturated rings. The molecule has 156 valence electrons. The van der Waals surface area contributed by atoms with Gasteiger partial charge in [-0.25, -0.2) is 0 Å². The second-order valence-electron chi connectivity index (χ2n) is 7.10. The van der Waals surface area contributed by atoms with Crippen LogP contribution in [-0.4, -0.2) is 34.2 Å². The molecule has 0 amide bonds. The lowest BCUT2D eigenvalue weighted by atomic mass is 10.00. The molecule has 0 spiro atoms. The Morgan fingerprint density at radius 1 is 1.00 bits per heavy atom. The molecule has 0 radical (unpaired) electrons. The number of carbonyl (C=O) groups is 2. The van der Waals surface area contributed by atoms with Crippen molar-refractivity contribution in [1.82, 2.24) is 5.32 Å². The van der Waals surface area contributed by atoms with Gasteiger partial charge in [0.05, 0.1) is 0 Å². The Balaban J connectivity index is 2.24. The van der Waals surface area contributed by atoms with Crippen LogP contribution in [0.4, 0.5) is 0 Å². The van der Waals surface area contributed by atoms with Crippen LogP contribution in [0.3, 0.4) is 0 Å². The molecule has 0 unspecified atom stereocenters. The van der Waals surface area contributed by atoms with Crippen LogP contribution >= 0.6 is 23.2 Å². The maximum Gasteiger partial charge on any atom is 0.321 e. The van der Waals surface area contributed by atoms with Gasteiger partial charge in [-0.1, -0.05) is 55.2 Å². The van der Waals surface area contributed by atoms with Crippen molar-refractivity contribution in [3.63, 3.8) is 0 Å². The maximum absolute atomic E-state index is 11.8. The van der Waals surface area contributed by atoms with Gasteiger partial charge in [-0.05, 0) is 42.2 Å². The van der Waals surface area contributed by atoms with Crippen molar-refractivity contribution in [1.29, 1.82) is 0 Å². The largest absolute Gasteiger partial charge is 0.480 e. The van der Waals surface area contributed by atoms with Gasteiger partial charge in [0.25, 0.3) is 0 Å². The second kappa shape index (κ2) is 10.5. The number of hydrogen-bond acceptors (Lipinski definition) is 4. The van der Waals surface area contributed by atoms with Crippen molar-refractivity contribution >= 4 is 35.1 Å². The van der Waals surface area contributed by atoms with Crippen LogP contribution in [0.25, 0.3) is 0 Å². The topological polar surface area (TPSA) is 95.9 Å². The Labute approximate surface area is 179 Å². The average molecular weight is 440 g/mol. The molecule has 0 aromatic heterocycles. The lowest BCUT2D eigenvalue weighted by Gasteiger charge is -2.22. The first-order valence-electron chi connectivity index (χ1n) is 9.09. The van der Waals surface area contributed by atoms with E-state index in [4.69, 9.17) is 27.9 Å². The summed E-state index contributed by atoms with van der Waals surface area (Å²) in [5.74, 6) is -1.27. The molecule has 6 nitrogen and oxygen atoms in total. The molecule has 2 rings (SSSR count). The number of carboxylic acids is 2. The molecule has 0 aliphatic carbocycles. The monoisotopic (exact) mass is 439 g/mol. The van der Waals surface area contributed by atoms with E-state index >= 15 is 0 Å². The summed E-state index contributed by atoms with van der Waals surface area (Å²) in [5, 5.41) is 22.6. The fraction of sp³-hybridized carbons (Fsp3) is 0.333. The number of ether oxygens (including phenoxy) is 1. The number of hydrogen-bond donors (Lipinski definition) is 3. The van der Waals surface area contributed by atoms with Crippen molar-refractivity contribution in [2.45, 2.75) is 38.8 Å². The molecule has 0 bridgehead atoms. The first kappa shape index (κ1) is 23.0. The van der Waals surface area contributed by atoms with E-state index in [2.05, 4.69) is 5.32 Å². The van der Waals surface area contributed by atoms with Gasteiger partial charge in [0.1, 0.15) is 23.6 Å². The third kappa shape index (κ3) is 7.24. The second-order valence-corrected chi connectivity index (χ2v) is 7.97. The number of benzene rings is 2. The van der Waals surface area contributed by atoms with E-state index in [1.54, 1.807) is 42.5 Å². The molecule has 2 aromatic carbocycles.